The topological polar surface area (TPSA) is 47.0 Å². The molecule has 1 aliphatic rings. The van der Waals surface area contributed by atoms with Gasteiger partial charge in [-0.15, -0.1) is 5.10 Å². The number of rotatable bonds is 4. The fourth-order valence-electron chi connectivity index (χ4n) is 1.49. The summed E-state index contributed by atoms with van der Waals surface area (Å²) in [6.07, 6.45) is 4.43. The molecule has 0 radical (unpaired) electrons. The summed E-state index contributed by atoms with van der Waals surface area (Å²) in [6.45, 7) is 2.85. The summed E-state index contributed by atoms with van der Waals surface area (Å²) in [7, 11) is 0. The third-order valence-corrected chi connectivity index (χ3v) is 2.80. The van der Waals surface area contributed by atoms with Gasteiger partial charge in [-0.3, -0.25) is 0 Å². The summed E-state index contributed by atoms with van der Waals surface area (Å²) >= 11 is 1.40. The standard InChI is InChI=1S/C8H13N3OS/c1-2-12-7-3-6(4-7)10-8-5-9-11-13-8/h5-7,10H,2-4H2,1H3. The van der Waals surface area contributed by atoms with Crippen molar-refractivity contribution in [3.63, 3.8) is 0 Å². The number of nitrogens with zero attached hydrogens (tertiary/aromatic N) is 2. The average Bonchev–Trinajstić information content (AvgIpc) is 2.53. The van der Waals surface area contributed by atoms with Crippen molar-refractivity contribution in [1.82, 2.24) is 9.59 Å². The van der Waals surface area contributed by atoms with Crippen LogP contribution in [0.15, 0.2) is 6.20 Å². The highest BCUT2D eigenvalue weighted by Crippen LogP contribution is 2.27. The number of aromatic nitrogens is 2. The maximum absolute atomic E-state index is 5.46. The van der Waals surface area contributed by atoms with E-state index < -0.39 is 0 Å². The van der Waals surface area contributed by atoms with Crippen molar-refractivity contribution < 1.29 is 4.74 Å². The maximum Gasteiger partial charge on any atom is 0.130 e. The van der Waals surface area contributed by atoms with Crippen molar-refractivity contribution in [2.45, 2.75) is 31.9 Å². The van der Waals surface area contributed by atoms with E-state index >= 15 is 0 Å². The van der Waals surface area contributed by atoms with E-state index in [2.05, 4.69) is 14.9 Å². The molecule has 0 aromatic carbocycles. The number of ether oxygens (including phenoxy) is 1. The molecule has 1 saturated carbocycles. The van der Waals surface area contributed by atoms with Gasteiger partial charge >= 0.3 is 0 Å². The number of anilines is 1. The highest BCUT2D eigenvalue weighted by Gasteiger charge is 2.29. The highest BCUT2D eigenvalue weighted by atomic mass is 32.1. The molecule has 0 saturated heterocycles. The summed E-state index contributed by atoms with van der Waals surface area (Å²) in [4.78, 5) is 0. The van der Waals surface area contributed by atoms with Crippen molar-refractivity contribution in [2.24, 2.45) is 0 Å². The molecule has 72 valence electrons. The predicted molar refractivity (Wildman–Crippen MR) is 52.0 cm³/mol. The molecule has 1 aliphatic carbocycles. The van der Waals surface area contributed by atoms with Crippen molar-refractivity contribution in [2.75, 3.05) is 11.9 Å². The van der Waals surface area contributed by atoms with Gasteiger partial charge < -0.3 is 10.1 Å². The lowest BCUT2D eigenvalue weighted by Gasteiger charge is -2.35. The van der Waals surface area contributed by atoms with Crippen LogP contribution in [-0.4, -0.2) is 28.3 Å². The van der Waals surface area contributed by atoms with Crippen molar-refractivity contribution in [1.29, 1.82) is 0 Å². The molecule has 2 rings (SSSR count). The molecule has 0 amide bonds. The quantitative estimate of drug-likeness (QED) is 0.798. The van der Waals surface area contributed by atoms with Crippen LogP contribution in [0.1, 0.15) is 19.8 Å². The second-order valence-corrected chi connectivity index (χ2v) is 3.96. The minimum Gasteiger partial charge on any atom is -0.378 e. The smallest absolute Gasteiger partial charge is 0.130 e. The molecule has 5 heteroatoms. The van der Waals surface area contributed by atoms with Crippen LogP contribution in [-0.2, 0) is 4.74 Å². The normalized spacial score (nSPS) is 26.8. The summed E-state index contributed by atoms with van der Waals surface area (Å²) in [5.41, 5.74) is 0. The van der Waals surface area contributed by atoms with Crippen molar-refractivity contribution in [3.05, 3.63) is 6.20 Å². The van der Waals surface area contributed by atoms with Gasteiger partial charge in [0, 0.05) is 24.2 Å². The second kappa shape index (κ2) is 4.02. The Kier molecular flexibility index (Phi) is 2.75. The Labute approximate surface area is 81.5 Å². The van der Waals surface area contributed by atoms with E-state index in [-0.39, 0.29) is 0 Å². The Bertz CT molecular complexity index is 246. The van der Waals surface area contributed by atoms with E-state index in [0.29, 0.717) is 12.1 Å². The monoisotopic (exact) mass is 199 g/mol. The Hall–Kier alpha value is -0.680. The van der Waals surface area contributed by atoms with E-state index in [1.54, 1.807) is 6.20 Å². The van der Waals surface area contributed by atoms with Gasteiger partial charge in [0.05, 0.1) is 12.3 Å². The van der Waals surface area contributed by atoms with Gasteiger partial charge in [-0.2, -0.15) is 0 Å². The molecule has 0 bridgehead atoms. The first-order valence-corrected chi connectivity index (χ1v) is 5.31. The lowest BCUT2D eigenvalue weighted by molar-refractivity contribution is 0.00305. The van der Waals surface area contributed by atoms with Gasteiger partial charge in [0.25, 0.3) is 0 Å². The first kappa shape index (κ1) is 8.90. The minimum absolute atomic E-state index is 0.461. The summed E-state index contributed by atoms with van der Waals surface area (Å²) in [5, 5.41) is 8.18. The van der Waals surface area contributed by atoms with Gasteiger partial charge in [0.15, 0.2) is 0 Å². The summed E-state index contributed by atoms with van der Waals surface area (Å²) in [6, 6.07) is 0.554. The molecular weight excluding hydrogens is 186 g/mol. The third-order valence-electron chi connectivity index (χ3n) is 2.20. The van der Waals surface area contributed by atoms with E-state index in [0.717, 1.165) is 24.4 Å². The van der Waals surface area contributed by atoms with E-state index in [4.69, 9.17) is 4.74 Å². The van der Waals surface area contributed by atoms with Crippen LogP contribution in [0.2, 0.25) is 0 Å². The summed E-state index contributed by atoms with van der Waals surface area (Å²) in [5.74, 6) is 0. The molecule has 0 aliphatic heterocycles. The van der Waals surface area contributed by atoms with Crippen molar-refractivity contribution >= 4 is 16.5 Å². The maximum atomic E-state index is 5.46. The average molecular weight is 199 g/mol. The zero-order chi connectivity index (χ0) is 9.10. The van der Waals surface area contributed by atoms with Gasteiger partial charge in [-0.1, -0.05) is 4.49 Å². The SMILES string of the molecule is CCOC1CC(Nc2cnns2)C1. The van der Waals surface area contributed by atoms with Crippen LogP contribution in [0.3, 0.4) is 0 Å². The van der Waals surface area contributed by atoms with E-state index in [1.807, 2.05) is 6.92 Å². The molecule has 1 heterocycles. The molecular formula is C8H13N3OS. The van der Waals surface area contributed by atoms with Crippen LogP contribution in [0, 0.1) is 0 Å². The molecule has 1 fully saturated rings. The Morgan fingerprint density at radius 1 is 1.69 bits per heavy atom. The fourth-order valence-corrected chi connectivity index (χ4v) is 1.98. The number of hydrogen-bond donors (Lipinski definition) is 1. The van der Waals surface area contributed by atoms with E-state index in [9.17, 15) is 0 Å². The fraction of sp³-hybridized carbons (Fsp3) is 0.750. The molecule has 0 unspecified atom stereocenters. The summed E-state index contributed by atoms with van der Waals surface area (Å²) < 4.78 is 9.25. The predicted octanol–water partition coefficient (Wildman–Crippen LogP) is 1.52. The van der Waals surface area contributed by atoms with Gasteiger partial charge in [-0.05, 0) is 19.8 Å². The molecule has 0 spiro atoms. The van der Waals surface area contributed by atoms with Crippen LogP contribution < -0.4 is 5.32 Å². The molecule has 13 heavy (non-hydrogen) atoms. The number of hydrogen-bond acceptors (Lipinski definition) is 5. The zero-order valence-electron chi connectivity index (χ0n) is 7.56. The molecule has 4 nitrogen and oxygen atoms in total. The second-order valence-electron chi connectivity index (χ2n) is 3.17. The van der Waals surface area contributed by atoms with Gasteiger partial charge in [0.1, 0.15) is 5.00 Å². The molecule has 1 aromatic rings. The first-order valence-electron chi connectivity index (χ1n) is 4.54. The van der Waals surface area contributed by atoms with Crippen LogP contribution >= 0.6 is 11.5 Å². The van der Waals surface area contributed by atoms with Crippen LogP contribution in [0.5, 0.6) is 0 Å². The minimum atomic E-state index is 0.461. The van der Waals surface area contributed by atoms with Gasteiger partial charge in [0.2, 0.25) is 0 Å². The zero-order valence-corrected chi connectivity index (χ0v) is 8.38. The molecule has 1 N–H and O–H groups in total. The van der Waals surface area contributed by atoms with Crippen LogP contribution in [0.25, 0.3) is 0 Å². The number of nitrogens with one attached hydrogen (secondary N) is 1. The van der Waals surface area contributed by atoms with Crippen LogP contribution in [0.4, 0.5) is 5.00 Å². The first-order chi connectivity index (χ1) is 6.38. The molecule has 0 atom stereocenters. The lowest BCUT2D eigenvalue weighted by atomic mass is 9.89. The van der Waals surface area contributed by atoms with Crippen molar-refractivity contribution in [3.8, 4) is 0 Å². The Balaban J connectivity index is 1.70. The largest absolute Gasteiger partial charge is 0.378 e. The highest BCUT2D eigenvalue weighted by molar-refractivity contribution is 7.09. The lowest BCUT2D eigenvalue weighted by Crippen LogP contribution is -2.40. The van der Waals surface area contributed by atoms with Gasteiger partial charge in [-0.25, -0.2) is 0 Å². The Morgan fingerprint density at radius 3 is 3.15 bits per heavy atom. The molecule has 1 aromatic heterocycles. The Morgan fingerprint density at radius 2 is 2.54 bits per heavy atom. The third kappa shape index (κ3) is 2.16. The van der Waals surface area contributed by atoms with E-state index in [1.165, 1.54) is 11.5 Å².